The Morgan fingerprint density at radius 2 is 1.88 bits per heavy atom. The number of aliphatic hydroxyl groups excluding tert-OH is 1. The van der Waals surface area contributed by atoms with Crippen molar-refractivity contribution < 1.29 is 9.84 Å². The van der Waals surface area contributed by atoms with Gasteiger partial charge in [0, 0.05) is 10.9 Å². The van der Waals surface area contributed by atoms with E-state index >= 15 is 0 Å². The van der Waals surface area contributed by atoms with Crippen LogP contribution < -0.4 is 4.74 Å². The van der Waals surface area contributed by atoms with Crippen molar-refractivity contribution in [2.75, 3.05) is 0 Å². The topological polar surface area (TPSA) is 29.5 Å². The molecule has 16 heavy (non-hydrogen) atoms. The molecular weight excluding hydrogens is 268 g/mol. The predicted octanol–water partition coefficient (Wildman–Crippen LogP) is 3.36. The third kappa shape index (κ3) is 2.58. The number of aryl methyl sites for hydroxylation is 2. The van der Waals surface area contributed by atoms with Crippen LogP contribution in [-0.2, 0) is 0 Å². The van der Waals surface area contributed by atoms with Crippen molar-refractivity contribution in [1.29, 1.82) is 0 Å². The lowest BCUT2D eigenvalue weighted by atomic mass is 10.1. The van der Waals surface area contributed by atoms with Crippen LogP contribution in [0, 0.1) is 13.8 Å². The van der Waals surface area contributed by atoms with E-state index in [-0.39, 0.29) is 12.2 Å². The van der Waals surface area contributed by atoms with E-state index in [9.17, 15) is 5.11 Å². The third-order valence-corrected chi connectivity index (χ3v) is 4.32. The summed E-state index contributed by atoms with van der Waals surface area (Å²) in [7, 11) is 0. The number of aliphatic hydroxyl groups is 1. The lowest BCUT2D eigenvalue weighted by Crippen LogP contribution is -2.13. The molecule has 0 radical (unpaired) electrons. The molecule has 0 bridgehead atoms. The Morgan fingerprint density at radius 3 is 2.38 bits per heavy atom. The van der Waals surface area contributed by atoms with Crippen LogP contribution in [0.5, 0.6) is 5.75 Å². The highest BCUT2D eigenvalue weighted by Crippen LogP contribution is 2.29. The second-order valence-electron chi connectivity index (χ2n) is 4.58. The summed E-state index contributed by atoms with van der Waals surface area (Å²) in [6.45, 7) is 4.13. The van der Waals surface area contributed by atoms with Crippen LogP contribution in [0.3, 0.4) is 0 Å². The van der Waals surface area contributed by atoms with E-state index in [0.717, 1.165) is 29.5 Å². The number of ether oxygens (including phenoxy) is 1. The maximum absolute atomic E-state index is 9.44. The van der Waals surface area contributed by atoms with Gasteiger partial charge in [-0.2, -0.15) is 0 Å². The predicted molar refractivity (Wildman–Crippen MR) is 67.9 cm³/mol. The van der Waals surface area contributed by atoms with Crippen molar-refractivity contribution in [2.24, 2.45) is 0 Å². The van der Waals surface area contributed by atoms with Crippen LogP contribution in [0.1, 0.15) is 30.4 Å². The van der Waals surface area contributed by atoms with E-state index < -0.39 is 0 Å². The normalized spacial score (nSPS) is 24.8. The van der Waals surface area contributed by atoms with E-state index in [0.29, 0.717) is 0 Å². The van der Waals surface area contributed by atoms with Crippen LogP contribution in [-0.4, -0.2) is 17.3 Å². The molecule has 0 unspecified atom stereocenters. The van der Waals surface area contributed by atoms with Crippen LogP contribution in [0.4, 0.5) is 0 Å². The average Bonchev–Trinajstić information content (AvgIpc) is 2.60. The molecule has 2 rings (SSSR count). The van der Waals surface area contributed by atoms with Crippen LogP contribution in [0.2, 0.25) is 0 Å². The number of benzene rings is 1. The highest BCUT2D eigenvalue weighted by molar-refractivity contribution is 9.10. The van der Waals surface area contributed by atoms with Crippen LogP contribution >= 0.6 is 15.9 Å². The Bertz CT molecular complexity index is 367. The van der Waals surface area contributed by atoms with Gasteiger partial charge in [-0.05, 0) is 49.9 Å². The molecule has 1 N–H and O–H groups in total. The van der Waals surface area contributed by atoms with Crippen molar-refractivity contribution in [2.45, 2.75) is 45.3 Å². The Kier molecular flexibility index (Phi) is 3.55. The summed E-state index contributed by atoms with van der Waals surface area (Å²) in [5.41, 5.74) is 2.38. The van der Waals surface area contributed by atoms with E-state index in [1.54, 1.807) is 0 Å². The van der Waals surface area contributed by atoms with Crippen molar-refractivity contribution in [3.63, 3.8) is 0 Å². The highest BCUT2D eigenvalue weighted by Gasteiger charge is 2.24. The lowest BCUT2D eigenvalue weighted by Gasteiger charge is -2.15. The fourth-order valence-corrected chi connectivity index (χ4v) is 2.42. The van der Waals surface area contributed by atoms with Gasteiger partial charge in [-0.25, -0.2) is 0 Å². The SMILES string of the molecule is Cc1cc(O[C@H]2CC[C@@H](O)C2)cc(C)c1Br. The molecule has 0 saturated heterocycles. The zero-order valence-electron chi connectivity index (χ0n) is 9.66. The highest BCUT2D eigenvalue weighted by atomic mass is 79.9. The molecule has 2 atom stereocenters. The third-order valence-electron chi connectivity index (χ3n) is 3.07. The average molecular weight is 285 g/mol. The fourth-order valence-electron chi connectivity index (χ4n) is 2.19. The summed E-state index contributed by atoms with van der Waals surface area (Å²) < 4.78 is 7.03. The zero-order valence-corrected chi connectivity index (χ0v) is 11.3. The molecule has 0 heterocycles. The van der Waals surface area contributed by atoms with Gasteiger partial charge in [0.05, 0.1) is 6.10 Å². The number of rotatable bonds is 2. The maximum Gasteiger partial charge on any atom is 0.120 e. The van der Waals surface area contributed by atoms with Gasteiger partial charge in [0.2, 0.25) is 0 Å². The summed E-state index contributed by atoms with van der Waals surface area (Å²) in [6.07, 6.45) is 2.57. The number of hydrogen-bond acceptors (Lipinski definition) is 2. The van der Waals surface area contributed by atoms with Gasteiger partial charge in [-0.3, -0.25) is 0 Å². The number of hydrogen-bond donors (Lipinski definition) is 1. The molecule has 3 heteroatoms. The first kappa shape index (κ1) is 11.9. The van der Waals surface area contributed by atoms with E-state index in [2.05, 4.69) is 29.8 Å². The van der Waals surface area contributed by atoms with E-state index in [4.69, 9.17) is 4.74 Å². The molecule has 88 valence electrons. The molecular formula is C13H17BrO2. The standard InChI is InChI=1S/C13H17BrO2/c1-8-5-12(6-9(2)13(8)14)16-11-4-3-10(15)7-11/h5-6,10-11,15H,3-4,7H2,1-2H3/t10-,11+/m1/s1. The lowest BCUT2D eigenvalue weighted by molar-refractivity contribution is 0.149. The van der Waals surface area contributed by atoms with Crippen molar-refractivity contribution in [1.82, 2.24) is 0 Å². The zero-order chi connectivity index (χ0) is 11.7. The Labute approximate surface area is 105 Å². The molecule has 0 amide bonds. The molecule has 0 aliphatic heterocycles. The minimum Gasteiger partial charge on any atom is -0.490 e. The minimum atomic E-state index is -0.178. The summed E-state index contributed by atoms with van der Waals surface area (Å²) >= 11 is 3.54. The smallest absolute Gasteiger partial charge is 0.120 e. The van der Waals surface area contributed by atoms with Gasteiger partial charge in [0.1, 0.15) is 11.9 Å². The van der Waals surface area contributed by atoms with Crippen LogP contribution in [0.15, 0.2) is 16.6 Å². The van der Waals surface area contributed by atoms with E-state index in [1.165, 1.54) is 11.1 Å². The Hall–Kier alpha value is -0.540. The van der Waals surface area contributed by atoms with Crippen molar-refractivity contribution in [3.05, 3.63) is 27.7 Å². The molecule has 0 spiro atoms. The van der Waals surface area contributed by atoms with Gasteiger partial charge in [-0.1, -0.05) is 15.9 Å². The molecule has 2 nitrogen and oxygen atoms in total. The summed E-state index contributed by atoms with van der Waals surface area (Å²) in [5, 5.41) is 9.44. The molecule has 1 aliphatic carbocycles. The summed E-state index contributed by atoms with van der Waals surface area (Å²) in [6, 6.07) is 4.09. The Balaban J connectivity index is 2.10. The van der Waals surface area contributed by atoms with Crippen molar-refractivity contribution >= 4 is 15.9 Å². The summed E-state index contributed by atoms with van der Waals surface area (Å²) in [4.78, 5) is 0. The number of halogens is 1. The first-order chi connectivity index (χ1) is 7.56. The second kappa shape index (κ2) is 4.76. The largest absolute Gasteiger partial charge is 0.490 e. The second-order valence-corrected chi connectivity index (χ2v) is 5.37. The maximum atomic E-state index is 9.44. The fraction of sp³-hybridized carbons (Fsp3) is 0.538. The van der Waals surface area contributed by atoms with E-state index in [1.807, 2.05) is 12.1 Å². The summed E-state index contributed by atoms with van der Waals surface area (Å²) in [5.74, 6) is 0.914. The molecule has 1 aliphatic rings. The van der Waals surface area contributed by atoms with Gasteiger partial charge < -0.3 is 9.84 Å². The van der Waals surface area contributed by atoms with Gasteiger partial charge in [-0.15, -0.1) is 0 Å². The van der Waals surface area contributed by atoms with Gasteiger partial charge in [0.25, 0.3) is 0 Å². The molecule has 1 fully saturated rings. The first-order valence-electron chi connectivity index (χ1n) is 5.67. The Morgan fingerprint density at radius 1 is 1.25 bits per heavy atom. The molecule has 1 saturated carbocycles. The molecule has 0 aromatic heterocycles. The van der Waals surface area contributed by atoms with Gasteiger partial charge in [0.15, 0.2) is 0 Å². The van der Waals surface area contributed by atoms with Gasteiger partial charge >= 0.3 is 0 Å². The molecule has 1 aromatic carbocycles. The quantitative estimate of drug-likeness (QED) is 0.903. The monoisotopic (exact) mass is 284 g/mol. The van der Waals surface area contributed by atoms with Crippen molar-refractivity contribution in [3.8, 4) is 5.75 Å². The first-order valence-corrected chi connectivity index (χ1v) is 6.47. The van der Waals surface area contributed by atoms with Crippen LogP contribution in [0.25, 0.3) is 0 Å². The molecule has 1 aromatic rings. The minimum absolute atomic E-state index is 0.176.